The number of nitrogens with one attached hydrogen (secondary N) is 2. The van der Waals surface area contributed by atoms with Gasteiger partial charge in [0.05, 0.1) is 6.54 Å². The second-order valence-electron chi connectivity index (χ2n) is 5.28. The molecule has 0 aromatic heterocycles. The SMILES string of the molecule is Cc1ccc(NC(=O)CNCCCc2ccccc2)cc1Cl. The zero-order chi connectivity index (χ0) is 15.8. The molecular weight excluding hydrogens is 296 g/mol. The fraction of sp³-hybridized carbons (Fsp3) is 0.278. The molecule has 0 aliphatic heterocycles. The van der Waals surface area contributed by atoms with Gasteiger partial charge in [0.1, 0.15) is 0 Å². The summed E-state index contributed by atoms with van der Waals surface area (Å²) < 4.78 is 0. The first kappa shape index (κ1) is 16.5. The molecule has 2 aromatic carbocycles. The molecule has 2 rings (SSSR count). The van der Waals surface area contributed by atoms with Crippen molar-refractivity contribution < 1.29 is 4.79 Å². The largest absolute Gasteiger partial charge is 0.325 e. The average molecular weight is 317 g/mol. The highest BCUT2D eigenvalue weighted by molar-refractivity contribution is 6.31. The molecule has 2 aromatic rings. The molecule has 0 unspecified atom stereocenters. The van der Waals surface area contributed by atoms with Crippen LogP contribution in [-0.4, -0.2) is 19.0 Å². The van der Waals surface area contributed by atoms with E-state index >= 15 is 0 Å². The molecular formula is C18H21ClN2O. The summed E-state index contributed by atoms with van der Waals surface area (Å²) in [6.07, 6.45) is 2.02. The van der Waals surface area contributed by atoms with E-state index in [1.54, 1.807) is 6.07 Å². The third kappa shape index (κ3) is 5.51. The van der Waals surface area contributed by atoms with Crippen LogP contribution in [0, 0.1) is 6.92 Å². The van der Waals surface area contributed by atoms with E-state index in [0.29, 0.717) is 11.6 Å². The number of anilines is 1. The van der Waals surface area contributed by atoms with E-state index in [0.717, 1.165) is 30.6 Å². The second-order valence-corrected chi connectivity index (χ2v) is 5.69. The fourth-order valence-corrected chi connectivity index (χ4v) is 2.32. The Morgan fingerprint density at radius 3 is 2.64 bits per heavy atom. The zero-order valence-corrected chi connectivity index (χ0v) is 13.5. The van der Waals surface area contributed by atoms with Gasteiger partial charge in [0.25, 0.3) is 0 Å². The smallest absolute Gasteiger partial charge is 0.238 e. The molecule has 1 amide bonds. The molecule has 0 saturated carbocycles. The summed E-state index contributed by atoms with van der Waals surface area (Å²) in [5.74, 6) is -0.0559. The van der Waals surface area contributed by atoms with E-state index in [2.05, 4.69) is 22.8 Å². The highest BCUT2D eigenvalue weighted by atomic mass is 35.5. The van der Waals surface area contributed by atoms with Crippen LogP contribution in [0.15, 0.2) is 48.5 Å². The molecule has 4 heteroatoms. The van der Waals surface area contributed by atoms with Gasteiger partial charge >= 0.3 is 0 Å². The number of hydrogen-bond acceptors (Lipinski definition) is 2. The number of benzene rings is 2. The van der Waals surface area contributed by atoms with E-state index in [1.165, 1.54) is 5.56 Å². The van der Waals surface area contributed by atoms with Crippen LogP contribution >= 0.6 is 11.6 Å². The summed E-state index contributed by atoms with van der Waals surface area (Å²) in [6, 6.07) is 15.9. The highest BCUT2D eigenvalue weighted by Gasteiger charge is 2.03. The maximum Gasteiger partial charge on any atom is 0.238 e. The van der Waals surface area contributed by atoms with E-state index < -0.39 is 0 Å². The van der Waals surface area contributed by atoms with Crippen molar-refractivity contribution in [3.05, 3.63) is 64.7 Å². The number of aryl methyl sites for hydroxylation is 2. The minimum atomic E-state index is -0.0559. The Labute approximate surface area is 136 Å². The van der Waals surface area contributed by atoms with E-state index in [4.69, 9.17) is 11.6 Å². The lowest BCUT2D eigenvalue weighted by Crippen LogP contribution is -2.28. The third-order valence-corrected chi connectivity index (χ3v) is 3.81. The normalized spacial score (nSPS) is 10.5. The highest BCUT2D eigenvalue weighted by Crippen LogP contribution is 2.19. The van der Waals surface area contributed by atoms with Crippen molar-refractivity contribution >= 4 is 23.2 Å². The molecule has 3 nitrogen and oxygen atoms in total. The number of amides is 1. The summed E-state index contributed by atoms with van der Waals surface area (Å²) in [5.41, 5.74) is 3.05. The molecule has 0 aliphatic rings. The maximum atomic E-state index is 11.8. The summed E-state index contributed by atoms with van der Waals surface area (Å²) >= 11 is 6.03. The number of halogens is 1. The molecule has 0 fully saturated rings. The van der Waals surface area contributed by atoms with Crippen LogP contribution in [0.4, 0.5) is 5.69 Å². The molecule has 116 valence electrons. The minimum absolute atomic E-state index is 0.0559. The zero-order valence-electron chi connectivity index (χ0n) is 12.7. The van der Waals surface area contributed by atoms with Crippen molar-refractivity contribution in [2.75, 3.05) is 18.4 Å². The summed E-state index contributed by atoms with van der Waals surface area (Å²) in [7, 11) is 0. The molecule has 2 N–H and O–H groups in total. The van der Waals surface area contributed by atoms with Gasteiger partial charge in [0, 0.05) is 10.7 Å². The van der Waals surface area contributed by atoms with Crippen molar-refractivity contribution in [1.82, 2.24) is 5.32 Å². The van der Waals surface area contributed by atoms with E-state index in [-0.39, 0.29) is 5.91 Å². The van der Waals surface area contributed by atoms with Gasteiger partial charge in [-0.15, -0.1) is 0 Å². The van der Waals surface area contributed by atoms with Gasteiger partial charge in [-0.25, -0.2) is 0 Å². The molecule has 0 atom stereocenters. The average Bonchev–Trinajstić information content (AvgIpc) is 2.52. The lowest BCUT2D eigenvalue weighted by Gasteiger charge is -2.08. The number of hydrogen-bond donors (Lipinski definition) is 2. The lowest BCUT2D eigenvalue weighted by atomic mass is 10.1. The van der Waals surface area contributed by atoms with Crippen LogP contribution in [0.1, 0.15) is 17.5 Å². The molecule has 0 bridgehead atoms. The standard InChI is InChI=1S/C18H21ClN2O/c1-14-9-10-16(12-17(14)19)21-18(22)13-20-11-5-8-15-6-3-2-4-7-15/h2-4,6-7,9-10,12,20H,5,8,11,13H2,1H3,(H,21,22). The van der Waals surface area contributed by atoms with Crippen LogP contribution < -0.4 is 10.6 Å². The van der Waals surface area contributed by atoms with Crippen LogP contribution in [0.5, 0.6) is 0 Å². The summed E-state index contributed by atoms with van der Waals surface area (Å²) in [6.45, 7) is 3.06. The van der Waals surface area contributed by atoms with Gasteiger partial charge in [-0.2, -0.15) is 0 Å². The van der Waals surface area contributed by atoms with Gasteiger partial charge in [0.2, 0.25) is 5.91 Å². The third-order valence-electron chi connectivity index (χ3n) is 3.40. The number of carbonyl (C=O) groups is 1. The Bertz CT molecular complexity index is 614. The summed E-state index contributed by atoms with van der Waals surface area (Å²) in [5, 5.41) is 6.65. The Balaban J connectivity index is 1.64. The first-order valence-corrected chi connectivity index (χ1v) is 7.83. The Morgan fingerprint density at radius 2 is 1.91 bits per heavy atom. The van der Waals surface area contributed by atoms with Crippen LogP contribution in [-0.2, 0) is 11.2 Å². The molecule has 0 saturated heterocycles. The van der Waals surface area contributed by atoms with Crippen LogP contribution in [0.3, 0.4) is 0 Å². The predicted octanol–water partition coefficient (Wildman–Crippen LogP) is 3.81. The number of carbonyl (C=O) groups excluding carboxylic acids is 1. The molecule has 0 radical (unpaired) electrons. The van der Waals surface area contributed by atoms with E-state index in [1.807, 2.05) is 37.3 Å². The van der Waals surface area contributed by atoms with Gasteiger partial charge < -0.3 is 10.6 Å². The topological polar surface area (TPSA) is 41.1 Å². The Hall–Kier alpha value is -1.84. The minimum Gasteiger partial charge on any atom is -0.325 e. The van der Waals surface area contributed by atoms with Gasteiger partial charge in [-0.05, 0) is 49.6 Å². The van der Waals surface area contributed by atoms with Crippen LogP contribution in [0.2, 0.25) is 5.02 Å². The van der Waals surface area contributed by atoms with Crippen molar-refractivity contribution in [2.24, 2.45) is 0 Å². The lowest BCUT2D eigenvalue weighted by molar-refractivity contribution is -0.115. The van der Waals surface area contributed by atoms with Crippen molar-refractivity contribution in [3.8, 4) is 0 Å². The Kier molecular flexibility index (Phi) is 6.44. The van der Waals surface area contributed by atoms with Gasteiger partial charge in [-0.3, -0.25) is 4.79 Å². The van der Waals surface area contributed by atoms with Crippen molar-refractivity contribution in [2.45, 2.75) is 19.8 Å². The second kappa shape index (κ2) is 8.57. The number of rotatable bonds is 7. The fourth-order valence-electron chi connectivity index (χ4n) is 2.14. The first-order chi connectivity index (χ1) is 10.6. The molecule has 0 aliphatic carbocycles. The van der Waals surface area contributed by atoms with E-state index in [9.17, 15) is 4.79 Å². The molecule has 22 heavy (non-hydrogen) atoms. The monoisotopic (exact) mass is 316 g/mol. The van der Waals surface area contributed by atoms with Gasteiger partial charge in [-0.1, -0.05) is 48.0 Å². The Morgan fingerprint density at radius 1 is 1.14 bits per heavy atom. The van der Waals surface area contributed by atoms with Crippen LogP contribution in [0.25, 0.3) is 0 Å². The predicted molar refractivity (Wildman–Crippen MR) is 92.5 cm³/mol. The molecule has 0 heterocycles. The van der Waals surface area contributed by atoms with Gasteiger partial charge in [0.15, 0.2) is 0 Å². The van der Waals surface area contributed by atoms with Crippen molar-refractivity contribution in [3.63, 3.8) is 0 Å². The first-order valence-electron chi connectivity index (χ1n) is 7.46. The maximum absolute atomic E-state index is 11.8. The molecule has 0 spiro atoms. The quantitative estimate of drug-likeness (QED) is 0.763. The van der Waals surface area contributed by atoms with Crippen molar-refractivity contribution in [1.29, 1.82) is 0 Å². The summed E-state index contributed by atoms with van der Waals surface area (Å²) in [4.78, 5) is 11.8.